The van der Waals surface area contributed by atoms with Crippen LogP contribution in [-0.4, -0.2) is 16.0 Å². The Kier molecular flexibility index (Phi) is 6.06. The molecule has 3 aromatic carbocycles. The highest BCUT2D eigenvalue weighted by molar-refractivity contribution is 7.80. The standard InChI is InChI=1S/C26H25N3O2S/c1-5-18-7-10-19(11-8-18)24(30)29-26(32)28-21-14-20(9-6-16(21)3)25-27-22-13-15(2)12-17(4)23(22)31-25/h6-14H,5H2,1-4H3,(H2,28,29,30,32). The van der Waals surface area contributed by atoms with E-state index in [2.05, 4.69) is 28.6 Å². The Labute approximate surface area is 192 Å². The van der Waals surface area contributed by atoms with Gasteiger partial charge in [-0.05, 0) is 92.0 Å². The minimum absolute atomic E-state index is 0.235. The van der Waals surface area contributed by atoms with Crippen molar-refractivity contribution in [3.05, 3.63) is 82.4 Å². The summed E-state index contributed by atoms with van der Waals surface area (Å²) >= 11 is 5.38. The van der Waals surface area contributed by atoms with Gasteiger partial charge in [-0.3, -0.25) is 10.1 Å². The van der Waals surface area contributed by atoms with Gasteiger partial charge in [-0.2, -0.15) is 0 Å². The molecular weight excluding hydrogens is 418 g/mol. The molecule has 6 heteroatoms. The van der Waals surface area contributed by atoms with Gasteiger partial charge in [0.15, 0.2) is 10.7 Å². The van der Waals surface area contributed by atoms with Crippen molar-refractivity contribution in [1.82, 2.24) is 10.3 Å². The first-order chi connectivity index (χ1) is 15.3. The van der Waals surface area contributed by atoms with E-state index >= 15 is 0 Å². The smallest absolute Gasteiger partial charge is 0.257 e. The SMILES string of the molecule is CCc1ccc(C(=O)NC(=S)Nc2cc(-c3nc4cc(C)cc(C)c4o3)ccc2C)cc1. The monoisotopic (exact) mass is 443 g/mol. The summed E-state index contributed by atoms with van der Waals surface area (Å²) in [6.45, 7) is 8.11. The van der Waals surface area contributed by atoms with E-state index in [1.54, 1.807) is 12.1 Å². The van der Waals surface area contributed by atoms with Crippen molar-refractivity contribution in [1.29, 1.82) is 0 Å². The van der Waals surface area contributed by atoms with Crippen molar-refractivity contribution < 1.29 is 9.21 Å². The quantitative estimate of drug-likeness (QED) is 0.373. The van der Waals surface area contributed by atoms with Gasteiger partial charge >= 0.3 is 0 Å². The maximum Gasteiger partial charge on any atom is 0.257 e. The molecule has 0 aliphatic rings. The van der Waals surface area contributed by atoms with Gasteiger partial charge in [0.2, 0.25) is 5.89 Å². The normalized spacial score (nSPS) is 10.9. The molecule has 32 heavy (non-hydrogen) atoms. The minimum Gasteiger partial charge on any atom is -0.436 e. The molecule has 0 atom stereocenters. The highest BCUT2D eigenvalue weighted by Crippen LogP contribution is 2.30. The third kappa shape index (κ3) is 4.55. The Balaban J connectivity index is 1.53. The number of aromatic nitrogens is 1. The minimum atomic E-state index is -0.247. The van der Waals surface area contributed by atoms with Gasteiger partial charge in [0.1, 0.15) is 5.52 Å². The number of carbonyl (C=O) groups is 1. The molecule has 5 nitrogen and oxygen atoms in total. The molecule has 0 bridgehead atoms. The van der Waals surface area contributed by atoms with Gasteiger partial charge in [-0.25, -0.2) is 4.98 Å². The first-order valence-electron chi connectivity index (χ1n) is 10.5. The second-order valence-electron chi connectivity index (χ2n) is 7.94. The van der Waals surface area contributed by atoms with Crippen LogP contribution in [0.4, 0.5) is 5.69 Å². The fraction of sp³-hybridized carbons (Fsp3) is 0.192. The first-order valence-corrected chi connectivity index (χ1v) is 10.9. The number of fused-ring (bicyclic) bond motifs is 1. The Morgan fingerprint density at radius 1 is 1.00 bits per heavy atom. The lowest BCUT2D eigenvalue weighted by atomic mass is 10.1. The second kappa shape index (κ2) is 8.93. The highest BCUT2D eigenvalue weighted by atomic mass is 32.1. The van der Waals surface area contributed by atoms with Crippen LogP contribution in [0, 0.1) is 20.8 Å². The van der Waals surface area contributed by atoms with E-state index < -0.39 is 0 Å². The molecule has 4 aromatic rings. The summed E-state index contributed by atoms with van der Waals surface area (Å²) in [4.78, 5) is 17.2. The summed E-state index contributed by atoms with van der Waals surface area (Å²) in [7, 11) is 0. The number of hydrogen-bond acceptors (Lipinski definition) is 4. The number of amides is 1. The van der Waals surface area contributed by atoms with Crippen molar-refractivity contribution in [3.63, 3.8) is 0 Å². The number of aryl methyl sites for hydroxylation is 4. The van der Waals surface area contributed by atoms with Crippen LogP contribution in [0.15, 0.2) is 59.0 Å². The zero-order valence-electron chi connectivity index (χ0n) is 18.6. The lowest BCUT2D eigenvalue weighted by molar-refractivity contribution is 0.0977. The van der Waals surface area contributed by atoms with Crippen LogP contribution in [0.25, 0.3) is 22.6 Å². The van der Waals surface area contributed by atoms with Crippen LogP contribution in [0.3, 0.4) is 0 Å². The highest BCUT2D eigenvalue weighted by Gasteiger charge is 2.14. The summed E-state index contributed by atoms with van der Waals surface area (Å²) < 4.78 is 6.04. The van der Waals surface area contributed by atoms with E-state index in [0.717, 1.165) is 45.5 Å². The van der Waals surface area contributed by atoms with Gasteiger partial charge in [-0.15, -0.1) is 0 Å². The van der Waals surface area contributed by atoms with Crippen LogP contribution in [0.5, 0.6) is 0 Å². The number of oxazole rings is 1. The fourth-order valence-corrected chi connectivity index (χ4v) is 3.81. The lowest BCUT2D eigenvalue weighted by Gasteiger charge is -2.13. The largest absolute Gasteiger partial charge is 0.436 e. The molecule has 0 saturated heterocycles. The number of hydrogen-bond donors (Lipinski definition) is 2. The Bertz CT molecular complexity index is 1320. The first kappa shape index (κ1) is 21.7. The molecule has 0 saturated carbocycles. The average molecular weight is 444 g/mol. The Morgan fingerprint density at radius 3 is 2.47 bits per heavy atom. The van der Waals surface area contributed by atoms with Gasteiger partial charge in [0, 0.05) is 16.8 Å². The number of rotatable bonds is 4. The molecule has 0 fully saturated rings. The van der Waals surface area contributed by atoms with Crippen LogP contribution in [-0.2, 0) is 6.42 Å². The summed E-state index contributed by atoms with van der Waals surface area (Å²) in [5, 5.41) is 6.11. The molecule has 4 rings (SSSR count). The van der Waals surface area contributed by atoms with Gasteiger partial charge in [0.25, 0.3) is 5.91 Å². The molecule has 1 amide bonds. The average Bonchev–Trinajstić information content (AvgIpc) is 3.19. The van der Waals surface area contributed by atoms with Crippen LogP contribution in [0.2, 0.25) is 0 Å². The van der Waals surface area contributed by atoms with Gasteiger partial charge in [-0.1, -0.05) is 31.2 Å². The second-order valence-corrected chi connectivity index (χ2v) is 8.35. The van der Waals surface area contributed by atoms with Crippen molar-refractivity contribution >= 4 is 40.0 Å². The topological polar surface area (TPSA) is 67.2 Å². The van der Waals surface area contributed by atoms with Gasteiger partial charge in [0.05, 0.1) is 0 Å². The summed E-state index contributed by atoms with van der Waals surface area (Å²) in [6.07, 6.45) is 0.927. The zero-order chi connectivity index (χ0) is 22.8. The van der Waals surface area contributed by atoms with Crippen molar-refractivity contribution in [2.24, 2.45) is 0 Å². The van der Waals surface area contributed by atoms with E-state index in [-0.39, 0.29) is 11.0 Å². The molecule has 0 aliphatic heterocycles. The number of nitrogens with zero attached hydrogens (tertiary/aromatic N) is 1. The van der Waals surface area contributed by atoms with E-state index in [9.17, 15) is 4.79 Å². The number of thiocarbonyl (C=S) groups is 1. The van der Waals surface area contributed by atoms with Crippen molar-refractivity contribution in [2.45, 2.75) is 34.1 Å². The summed E-state index contributed by atoms with van der Waals surface area (Å²) in [5.74, 6) is 0.298. The third-order valence-electron chi connectivity index (χ3n) is 5.40. The molecule has 0 spiro atoms. The third-order valence-corrected chi connectivity index (χ3v) is 5.61. The van der Waals surface area contributed by atoms with Crippen molar-refractivity contribution in [3.8, 4) is 11.5 Å². The number of nitrogens with one attached hydrogen (secondary N) is 2. The van der Waals surface area contributed by atoms with Crippen LogP contribution in [0.1, 0.15) is 39.5 Å². The summed E-state index contributed by atoms with van der Waals surface area (Å²) in [5.41, 5.74) is 8.17. The fourth-order valence-electron chi connectivity index (χ4n) is 3.61. The van der Waals surface area contributed by atoms with Crippen LogP contribution >= 0.6 is 12.2 Å². The maximum atomic E-state index is 12.5. The van der Waals surface area contributed by atoms with E-state index in [1.807, 2.05) is 57.2 Å². The molecule has 0 aliphatic carbocycles. The Morgan fingerprint density at radius 2 is 1.75 bits per heavy atom. The maximum absolute atomic E-state index is 12.5. The number of benzene rings is 3. The zero-order valence-corrected chi connectivity index (χ0v) is 19.4. The van der Waals surface area contributed by atoms with E-state index in [4.69, 9.17) is 16.6 Å². The van der Waals surface area contributed by atoms with E-state index in [1.165, 1.54) is 5.56 Å². The van der Waals surface area contributed by atoms with E-state index in [0.29, 0.717) is 11.5 Å². The van der Waals surface area contributed by atoms with Crippen LogP contribution < -0.4 is 10.6 Å². The molecule has 162 valence electrons. The molecule has 0 unspecified atom stereocenters. The predicted molar refractivity (Wildman–Crippen MR) is 133 cm³/mol. The molecule has 1 heterocycles. The van der Waals surface area contributed by atoms with Gasteiger partial charge < -0.3 is 9.73 Å². The number of anilines is 1. The molecule has 2 N–H and O–H groups in total. The Hall–Kier alpha value is -3.51. The van der Waals surface area contributed by atoms with Crippen molar-refractivity contribution in [2.75, 3.05) is 5.32 Å². The molecule has 0 radical (unpaired) electrons. The predicted octanol–water partition coefficient (Wildman–Crippen LogP) is 6.11. The summed E-state index contributed by atoms with van der Waals surface area (Å²) in [6, 6.07) is 17.5. The molecule has 1 aromatic heterocycles. The lowest BCUT2D eigenvalue weighted by Crippen LogP contribution is -2.34. The number of carbonyl (C=O) groups excluding carboxylic acids is 1. The molecular formula is C26H25N3O2S.